The zero-order valence-corrected chi connectivity index (χ0v) is 15.2. The lowest BCUT2D eigenvalue weighted by Gasteiger charge is -2.39. The normalized spacial score (nSPS) is 28.4. The molecule has 7 N–H and O–H groups in total. The molecule has 1 aromatic rings. The summed E-state index contributed by atoms with van der Waals surface area (Å²) in [6.07, 6.45) is -6.18. The van der Waals surface area contributed by atoms with Crippen LogP contribution in [0.4, 0.5) is 0 Å². The maximum atomic E-state index is 11.7. The minimum atomic E-state index is -1.61. The van der Waals surface area contributed by atoms with Crippen molar-refractivity contribution in [1.29, 1.82) is 0 Å². The van der Waals surface area contributed by atoms with Crippen LogP contribution in [0, 0.1) is 0 Å². The fraction of sp³-hybridized carbons (Fsp3) is 0.500. The second-order valence-electron chi connectivity index (χ2n) is 6.40. The molecule has 1 aliphatic rings. The lowest BCUT2D eigenvalue weighted by Crippen LogP contribution is -2.59. The molecule has 6 atom stereocenters. The number of hydrogen-bond donors (Lipinski definition) is 7. The van der Waals surface area contributed by atoms with Gasteiger partial charge in [0.25, 0.3) is 0 Å². The Hall–Kier alpha value is -2.25. The van der Waals surface area contributed by atoms with E-state index in [9.17, 15) is 35.4 Å². The Labute approximate surface area is 165 Å². The van der Waals surface area contributed by atoms with Crippen LogP contribution < -0.4 is 0 Å². The van der Waals surface area contributed by atoms with Crippen molar-refractivity contribution in [2.75, 3.05) is 19.8 Å². The Kier molecular flexibility index (Phi) is 8.34. The molecule has 0 amide bonds. The van der Waals surface area contributed by atoms with Crippen LogP contribution in [0.15, 0.2) is 24.3 Å². The van der Waals surface area contributed by atoms with Gasteiger partial charge < -0.3 is 50.0 Å². The Balaban J connectivity index is 1.76. The van der Waals surface area contributed by atoms with Gasteiger partial charge in [0, 0.05) is 6.08 Å². The summed E-state index contributed by atoms with van der Waals surface area (Å²) in [5.41, 5.74) is 0.434. The van der Waals surface area contributed by atoms with Gasteiger partial charge in [-0.05, 0) is 23.8 Å². The number of aliphatic hydroxyl groups is 5. The number of esters is 1. The average molecular weight is 416 g/mol. The van der Waals surface area contributed by atoms with Crippen molar-refractivity contribution in [3.63, 3.8) is 0 Å². The number of hydrogen-bond acceptors (Lipinski definition) is 11. The molecule has 0 radical (unpaired) electrons. The topological polar surface area (TPSA) is 186 Å². The number of phenolic OH excluding ortho intramolecular Hbond substituents is 2. The number of ether oxygens (including phenoxy) is 3. The molecule has 29 heavy (non-hydrogen) atoms. The van der Waals surface area contributed by atoms with Crippen molar-refractivity contribution < 1.29 is 54.8 Å². The minimum Gasteiger partial charge on any atom is -0.504 e. The minimum absolute atomic E-state index is 0.299. The van der Waals surface area contributed by atoms with E-state index in [2.05, 4.69) is 0 Å². The summed E-state index contributed by atoms with van der Waals surface area (Å²) in [7, 11) is 0. The molecule has 162 valence electrons. The SMILES string of the molecule is O=C(C=Cc1ccc(O)c(O)c1)OC[C@@H](O)CO[C@H]1O[C@H](CO)[C@@H](O)[C@H](O)[C@H]1O. The van der Waals surface area contributed by atoms with E-state index in [1.54, 1.807) is 0 Å². The summed E-state index contributed by atoms with van der Waals surface area (Å²) in [6, 6.07) is 3.95. The van der Waals surface area contributed by atoms with Crippen molar-refractivity contribution in [2.45, 2.75) is 36.8 Å². The summed E-state index contributed by atoms with van der Waals surface area (Å²) in [5, 5.41) is 66.6. The summed E-state index contributed by atoms with van der Waals surface area (Å²) in [6.45, 7) is -1.48. The first-order chi connectivity index (χ1) is 13.7. The van der Waals surface area contributed by atoms with E-state index in [0.29, 0.717) is 5.56 Å². The number of aliphatic hydroxyl groups excluding tert-OH is 5. The second-order valence-corrected chi connectivity index (χ2v) is 6.40. The largest absolute Gasteiger partial charge is 0.504 e. The molecular formula is C18H24O11. The molecule has 11 nitrogen and oxygen atoms in total. The van der Waals surface area contributed by atoms with Crippen LogP contribution in [0.2, 0.25) is 0 Å². The van der Waals surface area contributed by atoms with Crippen LogP contribution in [-0.2, 0) is 19.0 Å². The van der Waals surface area contributed by atoms with E-state index in [1.165, 1.54) is 24.3 Å². The number of aromatic hydroxyl groups is 2. The summed E-state index contributed by atoms with van der Waals surface area (Å²) in [5.74, 6) is -1.43. The molecule has 0 bridgehead atoms. The standard InChI is InChI=1S/C18H24O11/c19-6-13-15(24)16(25)17(26)18(29-13)28-8-10(20)7-27-14(23)4-2-9-1-3-11(21)12(22)5-9/h1-5,10,13,15-22,24-26H,6-8H2/t10-,13-,15-,16+,17-,18+/m1/s1. The third kappa shape index (κ3) is 6.37. The van der Waals surface area contributed by atoms with Crippen LogP contribution in [0.1, 0.15) is 5.56 Å². The number of carbonyl (C=O) groups is 1. The lowest BCUT2D eigenvalue weighted by molar-refractivity contribution is -0.304. The first-order valence-corrected chi connectivity index (χ1v) is 8.70. The number of phenols is 2. The van der Waals surface area contributed by atoms with Crippen LogP contribution in [0.3, 0.4) is 0 Å². The molecule has 1 aromatic carbocycles. The first-order valence-electron chi connectivity index (χ1n) is 8.70. The Morgan fingerprint density at radius 2 is 1.83 bits per heavy atom. The van der Waals surface area contributed by atoms with Crippen LogP contribution in [0.25, 0.3) is 6.08 Å². The van der Waals surface area contributed by atoms with E-state index in [0.717, 1.165) is 6.08 Å². The maximum absolute atomic E-state index is 11.7. The molecule has 1 aliphatic heterocycles. The number of benzene rings is 1. The molecule has 0 saturated carbocycles. The van der Waals surface area contributed by atoms with Gasteiger partial charge in [-0.3, -0.25) is 0 Å². The molecule has 0 aliphatic carbocycles. The summed E-state index contributed by atoms with van der Waals surface area (Å²) in [4.78, 5) is 11.7. The smallest absolute Gasteiger partial charge is 0.330 e. The molecule has 1 fully saturated rings. The quantitative estimate of drug-likeness (QED) is 0.139. The van der Waals surface area contributed by atoms with Gasteiger partial charge in [-0.1, -0.05) is 6.07 Å². The van der Waals surface area contributed by atoms with Gasteiger partial charge in [0.05, 0.1) is 13.2 Å². The maximum Gasteiger partial charge on any atom is 0.330 e. The molecule has 2 rings (SSSR count). The van der Waals surface area contributed by atoms with Crippen molar-refractivity contribution in [3.05, 3.63) is 29.8 Å². The fourth-order valence-electron chi connectivity index (χ4n) is 2.49. The molecule has 1 heterocycles. The second kappa shape index (κ2) is 10.5. The highest BCUT2D eigenvalue weighted by atomic mass is 16.7. The Bertz CT molecular complexity index is 705. The van der Waals surface area contributed by atoms with Crippen molar-refractivity contribution in [1.82, 2.24) is 0 Å². The summed E-state index contributed by atoms with van der Waals surface area (Å²) < 4.78 is 15.1. The number of rotatable bonds is 8. The van der Waals surface area contributed by atoms with Gasteiger partial charge in [-0.2, -0.15) is 0 Å². The highest BCUT2D eigenvalue weighted by Crippen LogP contribution is 2.25. The average Bonchev–Trinajstić information content (AvgIpc) is 2.70. The van der Waals surface area contributed by atoms with Crippen molar-refractivity contribution >= 4 is 12.0 Å². The predicted octanol–water partition coefficient (Wildman–Crippen LogP) is -2.17. The monoisotopic (exact) mass is 416 g/mol. The van der Waals surface area contributed by atoms with E-state index in [-0.39, 0.29) is 11.5 Å². The predicted molar refractivity (Wildman–Crippen MR) is 95.5 cm³/mol. The fourth-order valence-corrected chi connectivity index (χ4v) is 2.49. The van der Waals surface area contributed by atoms with E-state index in [4.69, 9.17) is 19.3 Å². The van der Waals surface area contributed by atoms with Gasteiger partial charge in [-0.25, -0.2) is 4.79 Å². The van der Waals surface area contributed by atoms with E-state index in [1.807, 2.05) is 0 Å². The zero-order chi connectivity index (χ0) is 21.6. The van der Waals surface area contributed by atoms with Gasteiger partial charge in [-0.15, -0.1) is 0 Å². The molecule has 11 heteroatoms. The highest BCUT2D eigenvalue weighted by Gasteiger charge is 2.44. The van der Waals surface area contributed by atoms with Crippen molar-refractivity contribution in [3.8, 4) is 11.5 Å². The van der Waals surface area contributed by atoms with Crippen LogP contribution >= 0.6 is 0 Å². The van der Waals surface area contributed by atoms with E-state index < -0.39 is 62.6 Å². The van der Waals surface area contributed by atoms with Gasteiger partial charge in [0.2, 0.25) is 0 Å². The third-order valence-electron chi connectivity index (χ3n) is 4.13. The molecule has 0 unspecified atom stereocenters. The van der Waals surface area contributed by atoms with Gasteiger partial charge >= 0.3 is 5.97 Å². The van der Waals surface area contributed by atoms with E-state index >= 15 is 0 Å². The summed E-state index contributed by atoms with van der Waals surface area (Å²) >= 11 is 0. The molecular weight excluding hydrogens is 392 g/mol. The van der Waals surface area contributed by atoms with Gasteiger partial charge in [0.1, 0.15) is 37.1 Å². The molecule has 1 saturated heterocycles. The Morgan fingerprint density at radius 3 is 2.48 bits per heavy atom. The highest BCUT2D eigenvalue weighted by molar-refractivity contribution is 5.87. The van der Waals surface area contributed by atoms with Crippen LogP contribution in [0.5, 0.6) is 11.5 Å². The van der Waals surface area contributed by atoms with Crippen LogP contribution in [-0.4, -0.2) is 98.3 Å². The van der Waals surface area contributed by atoms with Gasteiger partial charge in [0.15, 0.2) is 17.8 Å². The third-order valence-corrected chi connectivity index (χ3v) is 4.13. The lowest BCUT2D eigenvalue weighted by atomic mass is 9.99. The zero-order valence-electron chi connectivity index (χ0n) is 15.2. The molecule has 0 aromatic heterocycles. The first kappa shape index (κ1) is 23.0. The molecule has 0 spiro atoms. The number of carbonyl (C=O) groups excluding carboxylic acids is 1. The van der Waals surface area contributed by atoms with Crippen molar-refractivity contribution in [2.24, 2.45) is 0 Å². The Morgan fingerprint density at radius 1 is 1.10 bits per heavy atom.